The van der Waals surface area contributed by atoms with Crippen LogP contribution in [0, 0.1) is 18.3 Å². The molecule has 2 fully saturated rings. The van der Waals surface area contributed by atoms with Crippen LogP contribution in [0.4, 0.5) is 4.79 Å². The average Bonchev–Trinajstić information content (AvgIpc) is 2.98. The van der Waals surface area contributed by atoms with Gasteiger partial charge in [0.05, 0.1) is 6.54 Å². The molecule has 2 heterocycles. The van der Waals surface area contributed by atoms with Crippen LogP contribution in [0.25, 0.3) is 0 Å². The zero-order valence-corrected chi connectivity index (χ0v) is 17.6. The quantitative estimate of drug-likeness (QED) is 0.592. The van der Waals surface area contributed by atoms with E-state index >= 15 is 0 Å². The monoisotopic (exact) mass is 409 g/mol. The second kappa shape index (κ2) is 7.35. The third kappa shape index (κ3) is 3.99. The number of nitrogens with one attached hydrogen (secondary N) is 1. The molecule has 1 aliphatic heterocycles. The molecule has 3 amide bonds. The van der Waals surface area contributed by atoms with E-state index in [-0.39, 0.29) is 29.3 Å². The van der Waals surface area contributed by atoms with Gasteiger partial charge in [-0.1, -0.05) is 32.1 Å². The Labute approximate surface area is 167 Å². The molecule has 2 aliphatic rings. The van der Waals surface area contributed by atoms with Crippen LogP contribution in [-0.4, -0.2) is 46.1 Å². The molecule has 1 aromatic heterocycles. The SMILES string of the molecule is Cc1csc(=O)n1CCOC(=O)CN1C(=O)NC2(CC(C)CC(C)(C)C2)C1=O. The van der Waals surface area contributed by atoms with Gasteiger partial charge < -0.3 is 10.1 Å². The number of aromatic nitrogens is 1. The molecule has 154 valence electrons. The van der Waals surface area contributed by atoms with Gasteiger partial charge in [-0.15, -0.1) is 0 Å². The maximum atomic E-state index is 13.0. The molecule has 1 N–H and O–H groups in total. The van der Waals surface area contributed by atoms with E-state index in [0.717, 1.165) is 28.4 Å². The number of rotatable bonds is 5. The lowest BCUT2D eigenvalue weighted by Gasteiger charge is -2.43. The number of carbonyl (C=O) groups is 3. The van der Waals surface area contributed by atoms with Gasteiger partial charge in [0.1, 0.15) is 18.7 Å². The third-order valence-electron chi connectivity index (χ3n) is 5.47. The zero-order valence-electron chi connectivity index (χ0n) is 16.7. The van der Waals surface area contributed by atoms with E-state index in [1.807, 2.05) is 0 Å². The molecule has 1 saturated heterocycles. The number of nitrogens with zero attached hydrogens (tertiary/aromatic N) is 2. The lowest BCUT2D eigenvalue weighted by molar-refractivity contribution is -0.148. The summed E-state index contributed by atoms with van der Waals surface area (Å²) in [5, 5.41) is 4.58. The fourth-order valence-corrected chi connectivity index (χ4v) is 5.51. The molecular formula is C19H27N3O5S. The molecule has 1 spiro atoms. The molecule has 1 aromatic rings. The Bertz CT molecular complexity index is 858. The van der Waals surface area contributed by atoms with Crippen molar-refractivity contribution in [1.29, 1.82) is 0 Å². The average molecular weight is 410 g/mol. The van der Waals surface area contributed by atoms with Gasteiger partial charge in [-0.2, -0.15) is 0 Å². The molecular weight excluding hydrogens is 382 g/mol. The lowest BCUT2D eigenvalue weighted by Crippen LogP contribution is -2.54. The van der Waals surface area contributed by atoms with Gasteiger partial charge in [-0.05, 0) is 37.5 Å². The summed E-state index contributed by atoms with van der Waals surface area (Å²) in [6.45, 7) is 7.90. The molecule has 9 heteroatoms. The number of amides is 3. The number of hydrogen-bond donors (Lipinski definition) is 1. The minimum absolute atomic E-state index is 0.00910. The Balaban J connectivity index is 1.60. The highest BCUT2D eigenvalue weighted by Crippen LogP contribution is 2.46. The topological polar surface area (TPSA) is 97.7 Å². The Morgan fingerprint density at radius 3 is 2.64 bits per heavy atom. The smallest absolute Gasteiger partial charge is 0.326 e. The number of aryl methyl sites for hydroxylation is 1. The first-order valence-corrected chi connectivity index (χ1v) is 10.4. The summed E-state index contributed by atoms with van der Waals surface area (Å²) in [5.41, 5.74) is -0.196. The van der Waals surface area contributed by atoms with Crippen LogP contribution < -0.4 is 10.2 Å². The van der Waals surface area contributed by atoms with Gasteiger partial charge in [0.25, 0.3) is 5.91 Å². The fraction of sp³-hybridized carbons (Fsp3) is 0.684. The van der Waals surface area contributed by atoms with Gasteiger partial charge in [-0.3, -0.25) is 23.9 Å². The first-order chi connectivity index (χ1) is 13.0. The van der Waals surface area contributed by atoms with E-state index in [1.54, 1.807) is 12.3 Å². The predicted octanol–water partition coefficient (Wildman–Crippen LogP) is 1.90. The van der Waals surface area contributed by atoms with Crippen molar-refractivity contribution in [2.75, 3.05) is 13.2 Å². The molecule has 0 radical (unpaired) electrons. The van der Waals surface area contributed by atoms with E-state index in [2.05, 4.69) is 26.1 Å². The largest absolute Gasteiger partial charge is 0.462 e. The Kier molecular flexibility index (Phi) is 5.40. The molecule has 0 aromatic carbocycles. The Hall–Kier alpha value is -2.16. The number of esters is 1. The first-order valence-electron chi connectivity index (χ1n) is 9.48. The van der Waals surface area contributed by atoms with Crippen molar-refractivity contribution in [3.8, 4) is 0 Å². The summed E-state index contributed by atoms with van der Waals surface area (Å²) < 4.78 is 6.67. The van der Waals surface area contributed by atoms with E-state index in [4.69, 9.17) is 4.74 Å². The predicted molar refractivity (Wildman–Crippen MR) is 104 cm³/mol. The van der Waals surface area contributed by atoms with Crippen molar-refractivity contribution in [3.63, 3.8) is 0 Å². The van der Waals surface area contributed by atoms with Crippen molar-refractivity contribution in [1.82, 2.24) is 14.8 Å². The van der Waals surface area contributed by atoms with Crippen LogP contribution in [0.15, 0.2) is 10.2 Å². The second-order valence-electron chi connectivity index (χ2n) is 8.77. The number of thiazole rings is 1. The fourth-order valence-electron chi connectivity index (χ4n) is 4.75. The summed E-state index contributed by atoms with van der Waals surface area (Å²) in [7, 11) is 0. The summed E-state index contributed by atoms with van der Waals surface area (Å²) in [4.78, 5) is 50.1. The van der Waals surface area contributed by atoms with Gasteiger partial charge in [-0.25, -0.2) is 4.79 Å². The van der Waals surface area contributed by atoms with Gasteiger partial charge in [0, 0.05) is 11.1 Å². The molecule has 8 nitrogen and oxygen atoms in total. The highest BCUT2D eigenvalue weighted by molar-refractivity contribution is 7.07. The molecule has 1 saturated carbocycles. The van der Waals surface area contributed by atoms with Crippen molar-refractivity contribution in [2.24, 2.45) is 11.3 Å². The highest BCUT2D eigenvalue weighted by atomic mass is 32.1. The Morgan fingerprint density at radius 2 is 2.04 bits per heavy atom. The lowest BCUT2D eigenvalue weighted by atomic mass is 9.64. The van der Waals surface area contributed by atoms with E-state index in [9.17, 15) is 19.2 Å². The van der Waals surface area contributed by atoms with Crippen LogP contribution >= 0.6 is 11.3 Å². The summed E-state index contributed by atoms with van der Waals surface area (Å²) in [5.74, 6) is -0.712. The van der Waals surface area contributed by atoms with Crippen molar-refractivity contribution in [2.45, 2.75) is 59.0 Å². The minimum atomic E-state index is -0.931. The normalized spacial score (nSPS) is 26.6. The molecule has 0 bridgehead atoms. The number of carbonyl (C=O) groups excluding carboxylic acids is 3. The number of hydrogen-bond acceptors (Lipinski definition) is 6. The summed E-state index contributed by atoms with van der Waals surface area (Å²) in [6.07, 6.45) is 2.12. The van der Waals surface area contributed by atoms with Gasteiger partial charge in [0.15, 0.2) is 0 Å². The minimum Gasteiger partial charge on any atom is -0.462 e. The molecule has 2 atom stereocenters. The van der Waals surface area contributed by atoms with Crippen LogP contribution in [0.2, 0.25) is 0 Å². The van der Waals surface area contributed by atoms with Gasteiger partial charge in [0.2, 0.25) is 0 Å². The number of ether oxygens (including phenoxy) is 1. The van der Waals surface area contributed by atoms with Crippen molar-refractivity contribution >= 4 is 29.2 Å². The van der Waals surface area contributed by atoms with E-state index in [1.165, 1.54) is 4.57 Å². The zero-order chi connectivity index (χ0) is 20.7. The van der Waals surface area contributed by atoms with Crippen LogP contribution in [0.3, 0.4) is 0 Å². The van der Waals surface area contributed by atoms with Crippen LogP contribution in [0.1, 0.15) is 45.7 Å². The van der Waals surface area contributed by atoms with Crippen LogP contribution in [0.5, 0.6) is 0 Å². The highest BCUT2D eigenvalue weighted by Gasteiger charge is 2.56. The molecule has 3 rings (SSSR count). The van der Waals surface area contributed by atoms with Crippen molar-refractivity contribution in [3.05, 3.63) is 20.7 Å². The summed E-state index contributed by atoms with van der Waals surface area (Å²) in [6, 6.07) is -0.545. The molecule has 28 heavy (non-hydrogen) atoms. The Morgan fingerprint density at radius 1 is 1.32 bits per heavy atom. The molecule has 2 unspecified atom stereocenters. The van der Waals surface area contributed by atoms with Crippen molar-refractivity contribution < 1.29 is 19.1 Å². The standard InChI is InChI=1S/C19H27N3O5S/c1-12-7-18(3,4)11-19(8-12)15(24)22(16(25)20-19)9-14(23)27-6-5-21-13(2)10-28-17(21)26/h10,12H,5-9,11H2,1-4H3,(H,20,25). The summed E-state index contributed by atoms with van der Waals surface area (Å²) >= 11 is 1.09. The van der Waals surface area contributed by atoms with Gasteiger partial charge >= 0.3 is 16.9 Å². The van der Waals surface area contributed by atoms with E-state index < -0.39 is 24.1 Å². The van der Waals surface area contributed by atoms with Crippen LogP contribution in [-0.2, 0) is 20.9 Å². The number of urea groups is 1. The number of imide groups is 1. The maximum absolute atomic E-state index is 13.0. The second-order valence-corrected chi connectivity index (χ2v) is 9.59. The van der Waals surface area contributed by atoms with E-state index in [0.29, 0.717) is 18.8 Å². The third-order valence-corrected chi connectivity index (χ3v) is 6.35. The first kappa shape index (κ1) is 20.6. The molecule has 1 aliphatic carbocycles. The maximum Gasteiger partial charge on any atom is 0.326 e.